The molecule has 2 N–H and O–H groups in total. The molecule has 3 atom stereocenters. The summed E-state index contributed by atoms with van der Waals surface area (Å²) in [5.74, 6) is -3.44. The van der Waals surface area contributed by atoms with Crippen molar-refractivity contribution in [3.05, 3.63) is 78.4 Å². The van der Waals surface area contributed by atoms with Crippen molar-refractivity contribution in [2.75, 3.05) is 13.1 Å². The number of sulfonamides is 1. The zero-order valence-electron chi connectivity index (χ0n) is 22.0. The third kappa shape index (κ3) is 5.52. The Bertz CT molecular complexity index is 1610. The molecule has 1 unspecified atom stereocenters. The van der Waals surface area contributed by atoms with E-state index in [0.717, 1.165) is 15.3 Å². The van der Waals surface area contributed by atoms with Gasteiger partial charge in [-0.25, -0.2) is 8.42 Å². The summed E-state index contributed by atoms with van der Waals surface area (Å²) in [6, 6.07) is 18.3. The van der Waals surface area contributed by atoms with E-state index >= 15 is 0 Å². The summed E-state index contributed by atoms with van der Waals surface area (Å²) in [4.78, 5) is 52.9. The van der Waals surface area contributed by atoms with E-state index in [1.54, 1.807) is 48.5 Å². The van der Waals surface area contributed by atoms with Crippen molar-refractivity contribution in [3.8, 4) is 0 Å². The van der Waals surface area contributed by atoms with Crippen LogP contribution in [0.1, 0.15) is 24.8 Å². The molecule has 11 nitrogen and oxygen atoms in total. The van der Waals surface area contributed by atoms with E-state index in [0.29, 0.717) is 5.39 Å². The lowest BCUT2D eigenvalue weighted by molar-refractivity contribution is -0.153. The lowest BCUT2D eigenvalue weighted by atomic mass is 10.00. The van der Waals surface area contributed by atoms with Crippen molar-refractivity contribution >= 4 is 44.5 Å². The van der Waals surface area contributed by atoms with Crippen LogP contribution in [0.2, 0.25) is 0 Å². The van der Waals surface area contributed by atoms with E-state index in [2.05, 4.69) is 0 Å². The van der Waals surface area contributed by atoms with Crippen LogP contribution in [-0.4, -0.2) is 87.8 Å². The van der Waals surface area contributed by atoms with Gasteiger partial charge in [-0.1, -0.05) is 60.7 Å². The number of carboxylic acids is 2. The second kappa shape index (κ2) is 11.3. The van der Waals surface area contributed by atoms with E-state index in [1.165, 1.54) is 21.9 Å². The fourth-order valence-corrected chi connectivity index (χ4v) is 7.43. The number of hydrogen-bond acceptors (Lipinski definition) is 6. The number of benzene rings is 3. The second-order valence-electron chi connectivity index (χ2n) is 10.2. The third-order valence-electron chi connectivity index (χ3n) is 7.57. The average molecular weight is 580 g/mol. The van der Waals surface area contributed by atoms with Crippen LogP contribution >= 0.6 is 0 Å². The molecule has 3 aromatic rings. The van der Waals surface area contributed by atoms with E-state index < -0.39 is 58.4 Å². The highest BCUT2D eigenvalue weighted by Crippen LogP contribution is 2.37. The zero-order chi connectivity index (χ0) is 29.3. The number of aliphatic carboxylic acids is 2. The van der Waals surface area contributed by atoms with Crippen LogP contribution in [-0.2, 0) is 35.6 Å². The molecule has 0 aliphatic carbocycles. The van der Waals surface area contributed by atoms with Crippen LogP contribution in [0, 0.1) is 0 Å². The first-order valence-electron chi connectivity index (χ1n) is 13.2. The molecule has 0 bridgehead atoms. The molecule has 0 saturated carbocycles. The highest BCUT2D eigenvalue weighted by molar-refractivity contribution is 7.89. The fourth-order valence-electron chi connectivity index (χ4n) is 5.65. The molecule has 2 heterocycles. The lowest BCUT2D eigenvalue weighted by Gasteiger charge is -2.44. The predicted octanol–water partition coefficient (Wildman–Crippen LogP) is 2.16. The van der Waals surface area contributed by atoms with Crippen LogP contribution in [0.4, 0.5) is 0 Å². The number of carbonyl (C=O) groups excluding carboxylic acids is 2. The van der Waals surface area contributed by atoms with Gasteiger partial charge < -0.3 is 20.0 Å². The Morgan fingerprint density at radius 2 is 1.46 bits per heavy atom. The Morgan fingerprint density at radius 3 is 2.15 bits per heavy atom. The van der Waals surface area contributed by atoms with Gasteiger partial charge in [0.05, 0.1) is 17.9 Å². The lowest BCUT2D eigenvalue weighted by Crippen LogP contribution is -2.64. The summed E-state index contributed by atoms with van der Waals surface area (Å²) in [6.07, 6.45) is -2.15. The first kappa shape index (κ1) is 28.2. The van der Waals surface area contributed by atoms with Gasteiger partial charge >= 0.3 is 11.9 Å². The number of nitrogens with zero attached hydrogens (tertiary/aromatic N) is 3. The van der Waals surface area contributed by atoms with Gasteiger partial charge in [0.15, 0.2) is 0 Å². The maximum atomic E-state index is 14.3. The van der Waals surface area contributed by atoms with Gasteiger partial charge in [-0.05, 0) is 34.9 Å². The van der Waals surface area contributed by atoms with Crippen LogP contribution in [0.5, 0.6) is 0 Å². The summed E-state index contributed by atoms with van der Waals surface area (Å²) < 4.78 is 29.5. The summed E-state index contributed by atoms with van der Waals surface area (Å²) in [5.41, 5.74) is 0.732. The molecule has 3 aromatic carbocycles. The fraction of sp³-hybridized carbons (Fsp3) is 0.310. The Balaban J connectivity index is 1.60. The number of carboxylic acid groups (broad SMARTS) is 2. The highest BCUT2D eigenvalue weighted by Gasteiger charge is 2.58. The minimum Gasteiger partial charge on any atom is -0.481 e. The first-order chi connectivity index (χ1) is 19.6. The summed E-state index contributed by atoms with van der Waals surface area (Å²) in [6.45, 7) is -0.402. The maximum absolute atomic E-state index is 14.3. The molecule has 0 aromatic heterocycles. The molecule has 2 amide bonds. The van der Waals surface area contributed by atoms with Crippen molar-refractivity contribution in [2.24, 2.45) is 0 Å². The minimum absolute atomic E-state index is 0.0697. The normalized spacial score (nSPS) is 21.3. The first-order valence-corrected chi connectivity index (χ1v) is 14.6. The Morgan fingerprint density at radius 1 is 0.805 bits per heavy atom. The number of fused-ring (bicyclic) bond motifs is 2. The van der Waals surface area contributed by atoms with Crippen LogP contribution in [0.3, 0.4) is 0 Å². The van der Waals surface area contributed by atoms with Gasteiger partial charge in [0.25, 0.3) is 0 Å². The Labute approximate surface area is 236 Å². The molecule has 214 valence electrons. The molecule has 2 aliphatic rings. The number of rotatable bonds is 10. The quantitative estimate of drug-likeness (QED) is 0.371. The van der Waals surface area contributed by atoms with Gasteiger partial charge in [-0.15, -0.1) is 0 Å². The number of hydrogen-bond donors (Lipinski definition) is 2. The molecule has 0 radical (unpaired) electrons. The molecule has 41 heavy (non-hydrogen) atoms. The van der Waals surface area contributed by atoms with E-state index in [-0.39, 0.29) is 37.2 Å². The summed E-state index contributed by atoms with van der Waals surface area (Å²) >= 11 is 0. The van der Waals surface area contributed by atoms with Gasteiger partial charge in [-0.3, -0.25) is 19.2 Å². The smallest absolute Gasteiger partial charge is 0.305 e. The molecular formula is C29H29N3O8S. The minimum atomic E-state index is -4.38. The standard InChI is InChI=1S/C29H29N3O8S/c33-26(34)13-12-23-29(38)31-24(16-19-6-2-1-3-7-19)28(37)30(15-14-27(35)36)18-25(31)32(23)41(39,40)22-11-10-20-8-4-5-9-21(20)17-22/h1-11,17,23-25H,12-16,18H2,(H,33,34)(H,35,36)/t23-,24-,25?/m0/s1. The van der Waals surface area contributed by atoms with Crippen LogP contribution in [0.15, 0.2) is 77.7 Å². The summed E-state index contributed by atoms with van der Waals surface area (Å²) in [7, 11) is -4.38. The molecule has 2 aliphatic heterocycles. The molecule has 2 fully saturated rings. The van der Waals surface area contributed by atoms with Crippen LogP contribution in [0.25, 0.3) is 10.8 Å². The predicted molar refractivity (Wildman–Crippen MR) is 147 cm³/mol. The second-order valence-corrected chi connectivity index (χ2v) is 12.0. The largest absolute Gasteiger partial charge is 0.481 e. The van der Waals surface area contributed by atoms with Crippen LogP contribution < -0.4 is 0 Å². The summed E-state index contributed by atoms with van der Waals surface area (Å²) in [5, 5.41) is 20.1. The van der Waals surface area contributed by atoms with Crippen molar-refractivity contribution in [1.82, 2.24) is 14.1 Å². The zero-order valence-corrected chi connectivity index (χ0v) is 22.8. The third-order valence-corrected chi connectivity index (χ3v) is 9.48. The van der Waals surface area contributed by atoms with Gasteiger partial charge in [-0.2, -0.15) is 4.31 Å². The molecule has 12 heteroatoms. The topological polar surface area (TPSA) is 153 Å². The molecule has 5 rings (SSSR count). The maximum Gasteiger partial charge on any atom is 0.305 e. The van der Waals surface area contributed by atoms with Crippen molar-refractivity contribution in [1.29, 1.82) is 0 Å². The molecular weight excluding hydrogens is 550 g/mol. The highest BCUT2D eigenvalue weighted by atomic mass is 32.2. The van der Waals surface area contributed by atoms with E-state index in [1.807, 2.05) is 12.1 Å². The number of carbonyl (C=O) groups is 4. The van der Waals surface area contributed by atoms with Gasteiger partial charge in [0, 0.05) is 19.4 Å². The SMILES string of the molecule is O=C(O)CC[C@H]1C(=O)N2C(CN(CCC(=O)O)C(=O)[C@@H]2Cc2ccccc2)N1S(=O)(=O)c1ccc2ccccc2c1. The van der Waals surface area contributed by atoms with Crippen molar-refractivity contribution in [3.63, 3.8) is 0 Å². The number of piperazine rings is 1. The van der Waals surface area contributed by atoms with Crippen molar-refractivity contribution in [2.45, 2.75) is 48.8 Å². The van der Waals surface area contributed by atoms with Gasteiger partial charge in [0.1, 0.15) is 18.2 Å². The Kier molecular flexibility index (Phi) is 7.78. The molecule has 0 spiro atoms. The van der Waals surface area contributed by atoms with Crippen molar-refractivity contribution < 1.29 is 37.8 Å². The number of amides is 2. The Hall–Kier alpha value is -4.29. The van der Waals surface area contributed by atoms with E-state index in [4.69, 9.17) is 0 Å². The average Bonchev–Trinajstić information content (AvgIpc) is 3.24. The molecule has 2 saturated heterocycles. The van der Waals surface area contributed by atoms with Gasteiger partial charge in [0.2, 0.25) is 21.8 Å². The van der Waals surface area contributed by atoms with E-state index in [9.17, 15) is 37.8 Å². The monoisotopic (exact) mass is 579 g/mol.